The number of thiophene rings is 1. The van der Waals surface area contributed by atoms with E-state index in [9.17, 15) is 14.4 Å². The number of aryl methyl sites for hydroxylation is 1. The molecule has 0 aliphatic carbocycles. The van der Waals surface area contributed by atoms with E-state index in [2.05, 4.69) is 20.1 Å². The summed E-state index contributed by atoms with van der Waals surface area (Å²) in [6, 6.07) is 13.0. The number of carbonyl (C=O) groups excluding carboxylic acids is 2. The number of nitrogens with one attached hydrogen (secondary N) is 2. The highest BCUT2D eigenvalue weighted by molar-refractivity contribution is 7.20. The monoisotopic (exact) mass is 422 g/mol. The number of fused-ring (bicyclic) bond motifs is 1. The second-order valence-corrected chi connectivity index (χ2v) is 7.67. The number of benzene rings is 1. The second kappa shape index (κ2) is 7.96. The average molecular weight is 422 g/mol. The molecule has 0 aliphatic heterocycles. The van der Waals surface area contributed by atoms with Gasteiger partial charge in [0.25, 0.3) is 11.5 Å². The summed E-state index contributed by atoms with van der Waals surface area (Å²) in [4.78, 5) is 40.2. The van der Waals surface area contributed by atoms with Crippen molar-refractivity contribution in [2.45, 2.75) is 13.5 Å². The molecule has 0 aliphatic rings. The average Bonchev–Trinajstić information content (AvgIpc) is 3.31. The largest absolute Gasteiger partial charge is 0.465 e. The number of hydrogen-bond acceptors (Lipinski definition) is 6. The van der Waals surface area contributed by atoms with Crippen LogP contribution in [0.1, 0.15) is 31.3 Å². The molecule has 4 aromatic rings. The first kappa shape index (κ1) is 19.6. The number of anilines is 1. The molecule has 3 heterocycles. The fraction of sp³-hybridized carbons (Fsp3) is 0.143. The number of hydrogen-bond donors (Lipinski definition) is 2. The smallest absolute Gasteiger partial charge is 0.339 e. The predicted octanol–water partition coefficient (Wildman–Crippen LogP) is 3.18. The maximum atomic E-state index is 12.8. The van der Waals surface area contributed by atoms with E-state index in [1.807, 2.05) is 41.9 Å². The lowest BCUT2D eigenvalue weighted by Gasteiger charge is -2.05. The van der Waals surface area contributed by atoms with E-state index in [0.717, 1.165) is 21.5 Å². The Morgan fingerprint density at radius 3 is 2.73 bits per heavy atom. The molecule has 4 rings (SSSR count). The molecule has 8 nitrogen and oxygen atoms in total. The minimum atomic E-state index is -0.611. The Bertz CT molecular complexity index is 1300. The molecule has 9 heteroatoms. The van der Waals surface area contributed by atoms with Gasteiger partial charge in [-0.2, -0.15) is 5.10 Å². The van der Waals surface area contributed by atoms with Crippen LogP contribution < -0.4 is 10.9 Å². The van der Waals surface area contributed by atoms with Crippen molar-refractivity contribution < 1.29 is 14.3 Å². The summed E-state index contributed by atoms with van der Waals surface area (Å²) < 4.78 is 6.51. The van der Waals surface area contributed by atoms with E-state index < -0.39 is 17.4 Å². The molecule has 1 amide bonds. The molecule has 0 bridgehead atoms. The fourth-order valence-corrected chi connectivity index (χ4v) is 4.14. The molecular weight excluding hydrogens is 404 g/mol. The summed E-state index contributed by atoms with van der Waals surface area (Å²) in [5.74, 6) is -1.05. The number of esters is 1. The van der Waals surface area contributed by atoms with Gasteiger partial charge in [0, 0.05) is 11.6 Å². The zero-order valence-corrected chi connectivity index (χ0v) is 17.1. The Balaban J connectivity index is 1.62. The maximum Gasteiger partial charge on any atom is 0.339 e. The molecule has 0 saturated carbocycles. The van der Waals surface area contributed by atoms with Gasteiger partial charge in [0.15, 0.2) is 0 Å². The lowest BCUT2D eigenvalue weighted by molar-refractivity contribution is 0.0600. The zero-order chi connectivity index (χ0) is 21.3. The number of ether oxygens (including phenoxy) is 1. The Hall–Kier alpha value is -3.72. The highest BCUT2D eigenvalue weighted by Crippen LogP contribution is 2.29. The van der Waals surface area contributed by atoms with Crippen molar-refractivity contribution in [1.29, 1.82) is 0 Å². The van der Waals surface area contributed by atoms with Crippen molar-refractivity contribution in [2.24, 2.45) is 0 Å². The number of aromatic amines is 1. The van der Waals surface area contributed by atoms with E-state index in [4.69, 9.17) is 0 Å². The van der Waals surface area contributed by atoms with Crippen molar-refractivity contribution in [3.05, 3.63) is 80.7 Å². The first-order chi connectivity index (χ1) is 14.5. The standard InChI is InChI=1S/C21H18N4O4S/c1-12-15-9-17(30-20(15)25(24-12)11-13-6-4-3-5-7-13)19(27)23-16-8-14(21(28)29-2)10-22-18(16)26/h3-10H,11H2,1-2H3,(H,22,26)(H,23,27). The van der Waals surface area contributed by atoms with Crippen LogP contribution in [-0.4, -0.2) is 33.8 Å². The van der Waals surface area contributed by atoms with Gasteiger partial charge in [-0.25, -0.2) is 4.79 Å². The van der Waals surface area contributed by atoms with Gasteiger partial charge in [-0.15, -0.1) is 11.3 Å². The summed E-state index contributed by atoms with van der Waals surface area (Å²) in [5, 5.41) is 8.04. The summed E-state index contributed by atoms with van der Waals surface area (Å²) >= 11 is 1.30. The van der Waals surface area contributed by atoms with Crippen LogP contribution in [-0.2, 0) is 11.3 Å². The van der Waals surface area contributed by atoms with Crippen LogP contribution in [0.5, 0.6) is 0 Å². The number of carbonyl (C=O) groups is 2. The fourth-order valence-electron chi connectivity index (χ4n) is 3.08. The number of methoxy groups -OCH3 is 1. The molecular formula is C21H18N4O4S. The molecule has 30 heavy (non-hydrogen) atoms. The normalized spacial score (nSPS) is 10.9. The van der Waals surface area contributed by atoms with E-state index in [0.29, 0.717) is 11.4 Å². The van der Waals surface area contributed by atoms with Crippen molar-refractivity contribution >= 4 is 39.1 Å². The molecule has 152 valence electrons. The summed E-state index contributed by atoms with van der Waals surface area (Å²) in [6.45, 7) is 2.48. The van der Waals surface area contributed by atoms with E-state index in [1.165, 1.54) is 30.7 Å². The topological polar surface area (TPSA) is 106 Å². The third-order valence-electron chi connectivity index (χ3n) is 4.58. The van der Waals surface area contributed by atoms with E-state index in [-0.39, 0.29) is 11.3 Å². The zero-order valence-electron chi connectivity index (χ0n) is 16.3. The molecule has 0 atom stereocenters. The molecule has 0 unspecified atom stereocenters. The van der Waals surface area contributed by atoms with Crippen LogP contribution in [0.3, 0.4) is 0 Å². The minimum absolute atomic E-state index is 0.0250. The van der Waals surface area contributed by atoms with Crippen molar-refractivity contribution in [3.63, 3.8) is 0 Å². The molecule has 1 aromatic carbocycles. The van der Waals surface area contributed by atoms with Gasteiger partial charge in [0.05, 0.1) is 29.8 Å². The van der Waals surface area contributed by atoms with Crippen LogP contribution in [0.15, 0.2) is 53.5 Å². The number of rotatable bonds is 5. The van der Waals surface area contributed by atoms with Crippen molar-refractivity contribution in [2.75, 3.05) is 12.4 Å². The predicted molar refractivity (Wildman–Crippen MR) is 114 cm³/mol. The van der Waals surface area contributed by atoms with Gasteiger partial charge in [0.2, 0.25) is 0 Å². The summed E-state index contributed by atoms with van der Waals surface area (Å²) in [7, 11) is 1.24. The number of aromatic nitrogens is 3. The van der Waals surface area contributed by atoms with Crippen LogP contribution >= 0.6 is 11.3 Å². The van der Waals surface area contributed by atoms with Gasteiger partial charge in [0.1, 0.15) is 10.5 Å². The molecule has 2 N–H and O–H groups in total. The van der Waals surface area contributed by atoms with Crippen LogP contribution in [0, 0.1) is 6.92 Å². The number of amides is 1. The van der Waals surface area contributed by atoms with Crippen molar-refractivity contribution in [3.8, 4) is 0 Å². The number of H-pyrrole nitrogens is 1. The first-order valence-corrected chi connectivity index (χ1v) is 9.91. The highest BCUT2D eigenvalue weighted by Gasteiger charge is 2.18. The van der Waals surface area contributed by atoms with E-state index in [1.54, 1.807) is 6.07 Å². The summed E-state index contributed by atoms with van der Waals surface area (Å²) in [6.07, 6.45) is 1.24. The molecule has 0 saturated heterocycles. The van der Waals surface area contributed by atoms with Crippen LogP contribution in [0.2, 0.25) is 0 Å². The quantitative estimate of drug-likeness (QED) is 0.481. The number of pyridine rings is 1. The Morgan fingerprint density at radius 1 is 1.23 bits per heavy atom. The molecule has 3 aromatic heterocycles. The number of nitrogens with zero attached hydrogens (tertiary/aromatic N) is 2. The summed E-state index contributed by atoms with van der Waals surface area (Å²) in [5.41, 5.74) is 1.53. The third kappa shape index (κ3) is 3.74. The van der Waals surface area contributed by atoms with Gasteiger partial charge in [-0.1, -0.05) is 30.3 Å². The SMILES string of the molecule is COC(=O)c1c[nH]c(=O)c(NC(=O)c2cc3c(C)nn(Cc4ccccc4)c3s2)c1. The van der Waals surface area contributed by atoms with Crippen LogP contribution in [0.4, 0.5) is 5.69 Å². The van der Waals surface area contributed by atoms with Gasteiger partial charge >= 0.3 is 5.97 Å². The van der Waals surface area contributed by atoms with Crippen LogP contribution in [0.25, 0.3) is 10.2 Å². The Morgan fingerprint density at radius 2 is 2.00 bits per heavy atom. The van der Waals surface area contributed by atoms with Gasteiger partial charge in [-0.3, -0.25) is 14.3 Å². The van der Waals surface area contributed by atoms with Gasteiger partial charge < -0.3 is 15.0 Å². The molecule has 0 radical (unpaired) electrons. The van der Waals surface area contributed by atoms with Gasteiger partial charge in [-0.05, 0) is 24.6 Å². The van der Waals surface area contributed by atoms with E-state index >= 15 is 0 Å². The first-order valence-electron chi connectivity index (χ1n) is 9.09. The Labute approximate surface area is 175 Å². The minimum Gasteiger partial charge on any atom is -0.465 e. The third-order valence-corrected chi connectivity index (χ3v) is 5.73. The highest BCUT2D eigenvalue weighted by atomic mass is 32.1. The maximum absolute atomic E-state index is 12.8. The molecule has 0 spiro atoms. The molecule has 0 fully saturated rings. The van der Waals surface area contributed by atoms with Crippen molar-refractivity contribution in [1.82, 2.24) is 14.8 Å². The lowest BCUT2D eigenvalue weighted by atomic mass is 10.2. The Kier molecular flexibility index (Phi) is 5.20. The second-order valence-electron chi connectivity index (χ2n) is 6.63. The lowest BCUT2D eigenvalue weighted by Crippen LogP contribution is -2.20.